The fourth-order valence-corrected chi connectivity index (χ4v) is 2.38. The summed E-state index contributed by atoms with van der Waals surface area (Å²) in [5.74, 6) is -0.237. The van der Waals surface area contributed by atoms with Gasteiger partial charge in [0.05, 0.1) is 17.7 Å². The third-order valence-electron chi connectivity index (χ3n) is 2.73. The molecule has 100 valence electrons. The first-order chi connectivity index (χ1) is 9.19. The van der Waals surface area contributed by atoms with Crippen molar-refractivity contribution in [3.05, 3.63) is 52.0 Å². The zero-order valence-electron chi connectivity index (χ0n) is 10.7. The van der Waals surface area contributed by atoms with E-state index < -0.39 is 0 Å². The number of nitrogens with one attached hydrogen (secondary N) is 1. The number of aliphatic hydroxyl groups excluding tert-OH is 1. The summed E-state index contributed by atoms with van der Waals surface area (Å²) in [6.45, 7) is 1.76. The molecule has 0 saturated carbocycles. The lowest BCUT2D eigenvalue weighted by Gasteiger charge is -2.15. The van der Waals surface area contributed by atoms with Gasteiger partial charge in [0.1, 0.15) is 5.69 Å². The van der Waals surface area contributed by atoms with Crippen LogP contribution < -0.4 is 5.32 Å². The molecule has 0 aliphatic rings. The third kappa shape index (κ3) is 3.87. The molecule has 0 radical (unpaired) electrons. The highest BCUT2D eigenvalue weighted by molar-refractivity contribution is 7.09. The lowest BCUT2D eigenvalue weighted by Crippen LogP contribution is -2.39. The summed E-state index contributed by atoms with van der Waals surface area (Å²) in [7, 11) is 0. The number of benzene rings is 1. The molecule has 5 heteroatoms. The molecule has 2 aromatic rings. The van der Waals surface area contributed by atoms with Crippen molar-refractivity contribution >= 4 is 17.2 Å². The van der Waals surface area contributed by atoms with Crippen molar-refractivity contribution in [3.8, 4) is 0 Å². The van der Waals surface area contributed by atoms with Crippen LogP contribution in [0.1, 0.15) is 21.1 Å². The van der Waals surface area contributed by atoms with Gasteiger partial charge in [0, 0.05) is 5.38 Å². The van der Waals surface area contributed by atoms with Crippen LogP contribution in [0.4, 0.5) is 0 Å². The van der Waals surface area contributed by atoms with Crippen molar-refractivity contribution in [2.24, 2.45) is 0 Å². The van der Waals surface area contributed by atoms with Gasteiger partial charge in [0.2, 0.25) is 0 Å². The minimum atomic E-state index is -0.295. The van der Waals surface area contributed by atoms with Gasteiger partial charge >= 0.3 is 0 Å². The zero-order valence-corrected chi connectivity index (χ0v) is 11.5. The maximum absolute atomic E-state index is 11.9. The second kappa shape index (κ2) is 6.45. The molecule has 0 aliphatic carbocycles. The Morgan fingerprint density at radius 2 is 2.16 bits per heavy atom. The molecule has 0 spiro atoms. The van der Waals surface area contributed by atoms with Gasteiger partial charge in [-0.3, -0.25) is 4.79 Å². The summed E-state index contributed by atoms with van der Waals surface area (Å²) in [5, 5.41) is 14.7. The maximum atomic E-state index is 11.9. The number of hydrogen-bond donors (Lipinski definition) is 2. The number of aromatic nitrogens is 1. The van der Waals surface area contributed by atoms with E-state index in [9.17, 15) is 9.90 Å². The number of hydrogen-bond acceptors (Lipinski definition) is 4. The molecular formula is C14H16N2O2S. The lowest BCUT2D eigenvalue weighted by atomic mass is 10.1. The molecule has 1 amide bonds. The second-order valence-corrected chi connectivity index (χ2v) is 5.36. The minimum absolute atomic E-state index is 0.0935. The predicted molar refractivity (Wildman–Crippen MR) is 75.3 cm³/mol. The van der Waals surface area contributed by atoms with Gasteiger partial charge in [0.15, 0.2) is 0 Å². The number of rotatable bonds is 5. The van der Waals surface area contributed by atoms with E-state index in [1.165, 1.54) is 11.3 Å². The van der Waals surface area contributed by atoms with E-state index in [1.54, 1.807) is 5.38 Å². The molecule has 0 saturated heterocycles. The summed E-state index contributed by atoms with van der Waals surface area (Å²) in [4.78, 5) is 16.1. The van der Waals surface area contributed by atoms with E-state index in [-0.39, 0.29) is 18.6 Å². The standard InChI is InChI=1S/C14H16N2O2S/c1-10-15-13(9-19-10)14(18)16-12(8-17)7-11-5-3-2-4-6-11/h2-6,9,12,17H,7-8H2,1H3,(H,16,18)/t12-/m1/s1. The molecule has 1 aromatic heterocycles. The smallest absolute Gasteiger partial charge is 0.271 e. The first kappa shape index (κ1) is 13.7. The van der Waals surface area contributed by atoms with Crippen LogP contribution in [0.3, 0.4) is 0 Å². The van der Waals surface area contributed by atoms with Crippen LogP contribution in [0.2, 0.25) is 0 Å². The Labute approximate surface area is 116 Å². The van der Waals surface area contributed by atoms with Crippen molar-refractivity contribution in [2.75, 3.05) is 6.61 Å². The fourth-order valence-electron chi connectivity index (χ4n) is 1.79. The Morgan fingerprint density at radius 3 is 2.74 bits per heavy atom. The number of carbonyl (C=O) groups is 1. The highest BCUT2D eigenvalue weighted by Crippen LogP contribution is 2.09. The van der Waals surface area contributed by atoms with Crippen LogP contribution in [-0.2, 0) is 6.42 Å². The normalized spacial score (nSPS) is 12.1. The maximum Gasteiger partial charge on any atom is 0.271 e. The van der Waals surface area contributed by atoms with Gasteiger partial charge in [0.25, 0.3) is 5.91 Å². The average Bonchev–Trinajstić information content (AvgIpc) is 2.86. The van der Waals surface area contributed by atoms with Crippen molar-refractivity contribution < 1.29 is 9.90 Å². The molecule has 1 aromatic carbocycles. The van der Waals surface area contributed by atoms with Crippen molar-refractivity contribution in [3.63, 3.8) is 0 Å². The van der Waals surface area contributed by atoms with E-state index in [0.717, 1.165) is 10.6 Å². The monoisotopic (exact) mass is 276 g/mol. The number of amides is 1. The van der Waals surface area contributed by atoms with E-state index in [2.05, 4.69) is 10.3 Å². The summed E-state index contributed by atoms with van der Waals surface area (Å²) in [6, 6.07) is 9.47. The number of aryl methyl sites for hydroxylation is 1. The summed E-state index contributed by atoms with van der Waals surface area (Å²) >= 11 is 1.44. The quantitative estimate of drug-likeness (QED) is 0.875. The van der Waals surface area contributed by atoms with Crippen LogP contribution in [-0.4, -0.2) is 28.6 Å². The molecule has 0 aliphatic heterocycles. The van der Waals surface area contributed by atoms with Crippen molar-refractivity contribution in [1.29, 1.82) is 0 Å². The van der Waals surface area contributed by atoms with Crippen molar-refractivity contribution in [2.45, 2.75) is 19.4 Å². The lowest BCUT2D eigenvalue weighted by molar-refractivity contribution is 0.0912. The Balaban J connectivity index is 1.97. The Morgan fingerprint density at radius 1 is 1.42 bits per heavy atom. The Kier molecular flexibility index (Phi) is 4.65. The third-order valence-corrected chi connectivity index (χ3v) is 3.51. The highest BCUT2D eigenvalue weighted by atomic mass is 32.1. The second-order valence-electron chi connectivity index (χ2n) is 4.29. The van der Waals surface area contributed by atoms with Crippen LogP contribution in [0.5, 0.6) is 0 Å². The van der Waals surface area contributed by atoms with E-state index in [4.69, 9.17) is 0 Å². The molecular weight excluding hydrogens is 260 g/mol. The molecule has 0 fully saturated rings. The van der Waals surface area contributed by atoms with E-state index in [0.29, 0.717) is 12.1 Å². The molecule has 4 nitrogen and oxygen atoms in total. The summed E-state index contributed by atoms with van der Waals surface area (Å²) in [6.07, 6.45) is 0.603. The predicted octanol–water partition coefficient (Wildman–Crippen LogP) is 1.78. The summed E-state index contributed by atoms with van der Waals surface area (Å²) in [5.41, 5.74) is 1.49. The van der Waals surface area contributed by atoms with Crippen LogP contribution in [0.25, 0.3) is 0 Å². The molecule has 2 N–H and O–H groups in total. The van der Waals surface area contributed by atoms with Gasteiger partial charge in [-0.15, -0.1) is 11.3 Å². The molecule has 0 bridgehead atoms. The van der Waals surface area contributed by atoms with Crippen LogP contribution in [0, 0.1) is 6.92 Å². The SMILES string of the molecule is Cc1nc(C(=O)N[C@@H](CO)Cc2ccccc2)cs1. The zero-order chi connectivity index (χ0) is 13.7. The minimum Gasteiger partial charge on any atom is -0.394 e. The topological polar surface area (TPSA) is 62.2 Å². The van der Waals surface area contributed by atoms with Gasteiger partial charge in [-0.05, 0) is 18.9 Å². The Hall–Kier alpha value is -1.72. The van der Waals surface area contributed by atoms with Gasteiger partial charge in [-0.2, -0.15) is 0 Å². The molecule has 1 atom stereocenters. The van der Waals surface area contributed by atoms with Gasteiger partial charge < -0.3 is 10.4 Å². The number of carbonyl (C=O) groups excluding carboxylic acids is 1. The fraction of sp³-hybridized carbons (Fsp3) is 0.286. The highest BCUT2D eigenvalue weighted by Gasteiger charge is 2.15. The average molecular weight is 276 g/mol. The van der Waals surface area contributed by atoms with E-state index >= 15 is 0 Å². The molecule has 2 rings (SSSR count). The molecule has 0 unspecified atom stereocenters. The number of thiazole rings is 1. The molecule has 19 heavy (non-hydrogen) atoms. The largest absolute Gasteiger partial charge is 0.394 e. The first-order valence-electron chi connectivity index (χ1n) is 6.07. The Bertz CT molecular complexity index is 539. The number of nitrogens with zero attached hydrogens (tertiary/aromatic N) is 1. The van der Waals surface area contributed by atoms with Crippen LogP contribution >= 0.6 is 11.3 Å². The number of aliphatic hydroxyl groups is 1. The summed E-state index contributed by atoms with van der Waals surface area (Å²) < 4.78 is 0. The van der Waals surface area contributed by atoms with Crippen LogP contribution in [0.15, 0.2) is 35.7 Å². The first-order valence-corrected chi connectivity index (χ1v) is 6.95. The van der Waals surface area contributed by atoms with Crippen molar-refractivity contribution in [1.82, 2.24) is 10.3 Å². The molecule has 1 heterocycles. The van der Waals surface area contributed by atoms with Gasteiger partial charge in [-0.1, -0.05) is 30.3 Å². The van der Waals surface area contributed by atoms with Gasteiger partial charge in [-0.25, -0.2) is 4.98 Å². The van der Waals surface area contributed by atoms with E-state index in [1.807, 2.05) is 37.3 Å².